The predicted octanol–water partition coefficient (Wildman–Crippen LogP) is 3.78. The standard InChI is InChI=1S/C24H36BN2O7P/c1-17(2)27(18(3)4)35(32-13-12-26-6)34-21-19(5)33-23(25)22(21)31-16-29-14-15-30-24(28)20-10-8-7-9-11-20/h7-11,17-19,21-23H,12-16H2,1-5H3/t19-,21+,22?,23-,35?/m1/s1/i5D. The van der Waals surface area contributed by atoms with E-state index in [1.54, 1.807) is 24.3 Å². The van der Waals surface area contributed by atoms with Gasteiger partial charge >= 0.3 is 5.97 Å². The van der Waals surface area contributed by atoms with Gasteiger partial charge in [0.15, 0.2) is 0 Å². The molecule has 1 fully saturated rings. The van der Waals surface area contributed by atoms with Gasteiger partial charge in [0.2, 0.25) is 6.54 Å². The zero-order chi connectivity index (χ0) is 26.5. The Morgan fingerprint density at radius 1 is 1.20 bits per heavy atom. The minimum absolute atomic E-state index is 0.0664. The fraction of sp³-hybridized carbons (Fsp3) is 0.667. The van der Waals surface area contributed by atoms with Gasteiger partial charge in [-0.3, -0.25) is 0 Å². The Morgan fingerprint density at radius 3 is 2.54 bits per heavy atom. The fourth-order valence-electron chi connectivity index (χ4n) is 3.50. The van der Waals surface area contributed by atoms with Crippen LogP contribution in [0.4, 0.5) is 0 Å². The van der Waals surface area contributed by atoms with Crippen molar-refractivity contribution in [1.82, 2.24) is 4.67 Å². The van der Waals surface area contributed by atoms with Crippen molar-refractivity contribution in [3.8, 4) is 0 Å². The third-order valence-electron chi connectivity index (χ3n) is 5.02. The molecule has 9 nitrogen and oxygen atoms in total. The molecule has 0 saturated carbocycles. The largest absolute Gasteiger partial charge is 0.460 e. The molecule has 11 heteroatoms. The van der Waals surface area contributed by atoms with Crippen molar-refractivity contribution in [3.63, 3.8) is 0 Å². The molecule has 2 unspecified atom stereocenters. The summed E-state index contributed by atoms with van der Waals surface area (Å²) in [4.78, 5) is 15.3. The lowest BCUT2D eigenvalue weighted by atomic mass is 9.93. The summed E-state index contributed by atoms with van der Waals surface area (Å²) < 4.78 is 44.6. The zero-order valence-electron chi connectivity index (χ0n) is 21.9. The van der Waals surface area contributed by atoms with Crippen molar-refractivity contribution in [2.45, 2.75) is 71.0 Å². The van der Waals surface area contributed by atoms with Gasteiger partial charge in [-0.1, -0.05) is 18.2 Å². The summed E-state index contributed by atoms with van der Waals surface area (Å²) in [5.74, 6) is -0.426. The highest BCUT2D eigenvalue weighted by Gasteiger charge is 2.44. The van der Waals surface area contributed by atoms with E-state index in [-0.39, 0.29) is 52.1 Å². The van der Waals surface area contributed by atoms with Crippen LogP contribution >= 0.6 is 8.53 Å². The van der Waals surface area contributed by atoms with Crippen LogP contribution in [0.25, 0.3) is 4.85 Å². The lowest BCUT2D eigenvalue weighted by Crippen LogP contribution is -2.40. The molecule has 5 atom stereocenters. The summed E-state index contributed by atoms with van der Waals surface area (Å²) in [7, 11) is 4.59. The number of carbonyl (C=O) groups is 1. The lowest BCUT2D eigenvalue weighted by Gasteiger charge is -2.37. The van der Waals surface area contributed by atoms with Crippen molar-refractivity contribution in [1.29, 1.82) is 0 Å². The first-order chi connectivity index (χ1) is 17.3. The van der Waals surface area contributed by atoms with E-state index in [0.717, 1.165) is 0 Å². The number of benzene rings is 1. The number of hydrogen-bond donors (Lipinski definition) is 0. The number of esters is 1. The van der Waals surface area contributed by atoms with Crippen LogP contribution in [0.3, 0.4) is 0 Å². The Labute approximate surface area is 212 Å². The van der Waals surface area contributed by atoms with Gasteiger partial charge in [0, 0.05) is 19.5 Å². The Hall–Kier alpha value is -1.57. The highest BCUT2D eigenvalue weighted by Crippen LogP contribution is 2.49. The second kappa shape index (κ2) is 15.5. The Kier molecular flexibility index (Phi) is 12.4. The summed E-state index contributed by atoms with van der Waals surface area (Å²) in [6.45, 7) is 15.7. The van der Waals surface area contributed by atoms with Gasteiger partial charge in [0.05, 0.1) is 18.3 Å². The van der Waals surface area contributed by atoms with Gasteiger partial charge in [-0.15, -0.1) is 0 Å². The minimum Gasteiger partial charge on any atom is -0.460 e. The minimum atomic E-state index is -1.56. The second-order valence-corrected chi connectivity index (χ2v) is 9.80. The van der Waals surface area contributed by atoms with E-state index in [9.17, 15) is 4.79 Å². The summed E-state index contributed by atoms with van der Waals surface area (Å²) in [5.41, 5.74) is 0.469. The molecule has 192 valence electrons. The van der Waals surface area contributed by atoms with Crippen molar-refractivity contribution in [2.24, 2.45) is 0 Å². The van der Waals surface area contributed by atoms with Gasteiger partial charge in [-0.25, -0.2) is 16.0 Å². The van der Waals surface area contributed by atoms with Crippen molar-refractivity contribution < 1.29 is 34.2 Å². The van der Waals surface area contributed by atoms with Crippen LogP contribution in [0.5, 0.6) is 0 Å². The van der Waals surface area contributed by atoms with Gasteiger partial charge < -0.3 is 32.8 Å². The average Bonchev–Trinajstić information content (AvgIpc) is 3.15. The first kappa shape index (κ1) is 28.0. The SMILES string of the molecule is [2H]C[C@H]1O[C@@H]([B])C(OCOCCOC(=O)c2ccccc2)[C@H]1OP(OCC[N+]#[C-])N(C(C)C)C(C)C. The van der Waals surface area contributed by atoms with Crippen LogP contribution in [0, 0.1) is 6.57 Å². The molecular weight excluding hydrogens is 470 g/mol. The molecule has 1 saturated heterocycles. The first-order valence-corrected chi connectivity index (χ1v) is 12.8. The van der Waals surface area contributed by atoms with Crippen LogP contribution in [0.15, 0.2) is 30.3 Å². The molecule has 0 N–H and O–H groups in total. The molecule has 1 aromatic rings. The Morgan fingerprint density at radius 2 is 1.91 bits per heavy atom. The molecule has 1 aliphatic heterocycles. The van der Waals surface area contributed by atoms with Gasteiger partial charge in [0.25, 0.3) is 8.53 Å². The maximum absolute atomic E-state index is 12.0. The fourth-order valence-corrected chi connectivity index (χ4v) is 5.26. The Balaban J connectivity index is 1.93. The van der Waals surface area contributed by atoms with Crippen LogP contribution < -0.4 is 0 Å². The lowest BCUT2D eigenvalue weighted by molar-refractivity contribution is -0.119. The summed E-state index contributed by atoms with van der Waals surface area (Å²) in [5, 5.41) is 0. The molecule has 0 aliphatic carbocycles. The maximum Gasteiger partial charge on any atom is 0.338 e. The topological polar surface area (TPSA) is 80.0 Å². The summed E-state index contributed by atoms with van der Waals surface area (Å²) in [6.07, 6.45) is -1.95. The molecular formula is C24H36BN2O7P. The van der Waals surface area contributed by atoms with Crippen molar-refractivity contribution in [2.75, 3.05) is 33.2 Å². The molecule has 0 bridgehead atoms. The number of rotatable bonds is 15. The van der Waals surface area contributed by atoms with E-state index in [1.807, 2.05) is 33.8 Å². The van der Waals surface area contributed by atoms with Crippen molar-refractivity contribution in [3.05, 3.63) is 47.3 Å². The van der Waals surface area contributed by atoms with E-state index >= 15 is 0 Å². The predicted molar refractivity (Wildman–Crippen MR) is 134 cm³/mol. The second-order valence-electron chi connectivity index (χ2n) is 8.39. The molecule has 2 rings (SSSR count). The third kappa shape index (κ3) is 9.43. The molecule has 0 aromatic heterocycles. The quantitative estimate of drug-likeness (QED) is 0.0887. The van der Waals surface area contributed by atoms with Crippen LogP contribution in [0.2, 0.25) is 0 Å². The highest BCUT2D eigenvalue weighted by molar-refractivity contribution is 7.44. The van der Waals surface area contributed by atoms with Gasteiger partial charge in [-0.2, -0.15) is 0 Å². The molecule has 35 heavy (non-hydrogen) atoms. The van der Waals surface area contributed by atoms with Crippen molar-refractivity contribution >= 4 is 22.3 Å². The molecule has 1 aliphatic rings. The van der Waals surface area contributed by atoms with E-state index in [4.69, 9.17) is 43.8 Å². The van der Waals surface area contributed by atoms with Crippen LogP contribution in [-0.4, -0.2) is 88.0 Å². The van der Waals surface area contributed by atoms with Gasteiger partial charge in [0.1, 0.15) is 40.1 Å². The summed E-state index contributed by atoms with van der Waals surface area (Å²) >= 11 is 0. The van der Waals surface area contributed by atoms with Gasteiger partial charge in [-0.05, 0) is 46.7 Å². The number of hydrogen-bond acceptors (Lipinski definition) is 8. The maximum atomic E-state index is 12.0. The van der Waals surface area contributed by atoms with E-state index < -0.39 is 38.8 Å². The molecule has 0 amide bonds. The summed E-state index contributed by atoms with van der Waals surface area (Å²) in [6, 6.07) is 8.14. The smallest absolute Gasteiger partial charge is 0.338 e. The monoisotopic (exact) mass is 507 g/mol. The normalized spacial score (nSPS) is 23.4. The van der Waals surface area contributed by atoms with E-state index in [0.29, 0.717) is 5.56 Å². The number of carbonyl (C=O) groups excluding carboxylic acids is 1. The molecule has 2 radical (unpaired) electrons. The van der Waals surface area contributed by atoms with Crippen LogP contribution in [-0.2, 0) is 28.0 Å². The Bertz CT molecular complexity index is 809. The van der Waals surface area contributed by atoms with Crippen LogP contribution in [0.1, 0.15) is 46.3 Å². The first-order valence-electron chi connectivity index (χ1n) is 12.3. The van der Waals surface area contributed by atoms with E-state index in [1.165, 1.54) is 0 Å². The zero-order valence-corrected chi connectivity index (χ0v) is 21.8. The van der Waals surface area contributed by atoms with E-state index in [2.05, 4.69) is 9.52 Å². The third-order valence-corrected chi connectivity index (χ3v) is 7.15. The highest BCUT2D eigenvalue weighted by atomic mass is 31.2. The average molecular weight is 507 g/mol. The molecule has 0 spiro atoms. The molecule has 1 heterocycles. The number of ether oxygens (including phenoxy) is 4. The number of nitrogens with zero attached hydrogens (tertiary/aromatic N) is 2. The molecule has 1 aromatic carbocycles.